The molecule has 5 aromatic rings. The molecule has 0 N–H and O–H groups in total. The molecular weight excluding hydrogens is 679 g/mol. The van der Waals surface area contributed by atoms with Crippen LogP contribution in [0.5, 0.6) is 11.5 Å². The SMILES string of the molecule is CN1[CH-]N(c2[c-]c(Oc3[c-]c(N4[CH-]N(C)C(C)(C)c5ccccc54)ccc3)ccc2)c2cc3ccoc3cc21.[Pt+4]. The van der Waals surface area contributed by atoms with Gasteiger partial charge in [0.2, 0.25) is 0 Å². The van der Waals surface area contributed by atoms with E-state index < -0.39 is 0 Å². The molecular formula is C33H28N4O2Pt. The first-order chi connectivity index (χ1) is 18.9. The minimum Gasteiger partial charge on any atom is -0.509 e. The average molecular weight is 708 g/mol. The van der Waals surface area contributed by atoms with E-state index in [1.807, 2.05) is 50.1 Å². The molecule has 7 rings (SSSR count). The monoisotopic (exact) mass is 707 g/mol. The number of hydrogen-bond donors (Lipinski definition) is 0. The van der Waals surface area contributed by atoms with Crippen LogP contribution in [0.1, 0.15) is 19.4 Å². The summed E-state index contributed by atoms with van der Waals surface area (Å²) in [5.74, 6) is 1.25. The molecule has 202 valence electrons. The largest absolute Gasteiger partial charge is 4.00 e. The molecule has 0 bridgehead atoms. The summed E-state index contributed by atoms with van der Waals surface area (Å²) in [6.07, 6.45) is 1.72. The number of ether oxygens (including phenoxy) is 1. The standard InChI is InChI=1S/C33H28N4O2.Pt/c1-33(2)28-13-5-6-14-29(28)37(22-35(33)4)25-10-8-12-27(19-25)39-26-11-7-9-24(18-26)36-21-34(3)30-20-32-23(15-16-38-32)17-31(30)36;/h5-17,20-22H,1-4H3;/q-4;+4. The topological polar surface area (TPSA) is 35.3 Å². The zero-order valence-electron chi connectivity index (χ0n) is 22.7. The van der Waals surface area contributed by atoms with Gasteiger partial charge in [0.05, 0.1) is 6.26 Å². The third kappa shape index (κ3) is 4.36. The van der Waals surface area contributed by atoms with Gasteiger partial charge in [-0.3, -0.25) is 0 Å². The predicted molar refractivity (Wildman–Crippen MR) is 155 cm³/mol. The summed E-state index contributed by atoms with van der Waals surface area (Å²) < 4.78 is 11.9. The van der Waals surface area contributed by atoms with Crippen LogP contribution in [0.25, 0.3) is 11.0 Å². The third-order valence-electron chi connectivity index (χ3n) is 7.72. The Labute approximate surface area is 249 Å². The molecule has 2 aliphatic rings. The first-order valence-electron chi connectivity index (χ1n) is 13.0. The predicted octanol–water partition coefficient (Wildman–Crippen LogP) is 7.97. The number of furan rings is 1. The van der Waals surface area contributed by atoms with E-state index in [0.29, 0.717) is 11.5 Å². The van der Waals surface area contributed by atoms with Gasteiger partial charge in [0, 0.05) is 45.6 Å². The zero-order chi connectivity index (χ0) is 26.7. The van der Waals surface area contributed by atoms with Crippen LogP contribution in [0.15, 0.2) is 89.5 Å². The van der Waals surface area contributed by atoms with E-state index in [-0.39, 0.29) is 26.6 Å². The normalized spacial score (nSPS) is 16.1. The van der Waals surface area contributed by atoms with Crippen LogP contribution < -0.4 is 19.4 Å². The van der Waals surface area contributed by atoms with E-state index >= 15 is 0 Å². The van der Waals surface area contributed by atoms with Gasteiger partial charge in [0.15, 0.2) is 0 Å². The zero-order valence-corrected chi connectivity index (χ0v) is 24.9. The Kier molecular flexibility index (Phi) is 6.64. The molecule has 7 heteroatoms. The van der Waals surface area contributed by atoms with Gasteiger partial charge in [-0.25, -0.2) is 0 Å². The molecule has 2 aliphatic heterocycles. The molecule has 1 aromatic heterocycles. The van der Waals surface area contributed by atoms with Crippen molar-refractivity contribution in [2.24, 2.45) is 0 Å². The fourth-order valence-corrected chi connectivity index (χ4v) is 5.31. The van der Waals surface area contributed by atoms with Crippen molar-refractivity contribution in [1.29, 1.82) is 0 Å². The first kappa shape index (κ1) is 26.5. The molecule has 0 radical (unpaired) electrons. The summed E-state index contributed by atoms with van der Waals surface area (Å²) in [6, 6.07) is 33.5. The van der Waals surface area contributed by atoms with Gasteiger partial charge >= 0.3 is 21.1 Å². The maximum absolute atomic E-state index is 6.30. The number of para-hydroxylation sites is 1. The van der Waals surface area contributed by atoms with E-state index in [0.717, 1.165) is 39.4 Å². The van der Waals surface area contributed by atoms with E-state index in [1.54, 1.807) is 6.26 Å². The minimum absolute atomic E-state index is 0. The van der Waals surface area contributed by atoms with Crippen LogP contribution in [-0.2, 0) is 26.6 Å². The summed E-state index contributed by atoms with van der Waals surface area (Å²) in [7, 11) is 4.13. The number of fused-ring (bicyclic) bond motifs is 3. The molecule has 0 saturated heterocycles. The summed E-state index contributed by atoms with van der Waals surface area (Å²) >= 11 is 0. The van der Waals surface area contributed by atoms with Crippen molar-refractivity contribution in [3.63, 3.8) is 0 Å². The third-order valence-corrected chi connectivity index (χ3v) is 7.72. The number of anilines is 5. The molecule has 0 saturated carbocycles. The number of benzene rings is 4. The molecule has 0 spiro atoms. The Morgan fingerprint density at radius 1 is 0.750 bits per heavy atom. The van der Waals surface area contributed by atoms with Gasteiger partial charge in [-0.05, 0) is 51.7 Å². The number of hydrogen-bond acceptors (Lipinski definition) is 6. The Bertz CT molecular complexity index is 1700. The number of rotatable bonds is 4. The second-order valence-corrected chi connectivity index (χ2v) is 10.5. The van der Waals surface area contributed by atoms with Crippen molar-refractivity contribution in [1.82, 2.24) is 4.90 Å². The fraction of sp³-hybridized carbons (Fsp3) is 0.152. The van der Waals surface area contributed by atoms with Crippen molar-refractivity contribution < 1.29 is 30.2 Å². The van der Waals surface area contributed by atoms with Crippen molar-refractivity contribution in [3.05, 3.63) is 116 Å². The smallest absolute Gasteiger partial charge is 0.509 e. The summed E-state index contributed by atoms with van der Waals surface area (Å²) in [6.45, 7) is 8.64. The second kappa shape index (κ2) is 10.0. The second-order valence-electron chi connectivity index (χ2n) is 10.5. The summed E-state index contributed by atoms with van der Waals surface area (Å²) in [5, 5.41) is 1.06. The van der Waals surface area contributed by atoms with Crippen LogP contribution in [0, 0.1) is 25.5 Å². The van der Waals surface area contributed by atoms with Crippen LogP contribution in [0.2, 0.25) is 0 Å². The fourth-order valence-electron chi connectivity index (χ4n) is 5.31. The van der Waals surface area contributed by atoms with E-state index in [1.165, 1.54) is 5.56 Å². The van der Waals surface area contributed by atoms with E-state index in [9.17, 15) is 0 Å². The maximum atomic E-state index is 6.30. The van der Waals surface area contributed by atoms with Crippen molar-refractivity contribution in [2.75, 3.05) is 28.8 Å². The van der Waals surface area contributed by atoms with Crippen molar-refractivity contribution in [3.8, 4) is 11.5 Å². The van der Waals surface area contributed by atoms with Gasteiger partial charge in [0.1, 0.15) is 5.58 Å². The van der Waals surface area contributed by atoms with Gasteiger partial charge in [-0.2, -0.15) is 25.5 Å². The van der Waals surface area contributed by atoms with Gasteiger partial charge in [0.25, 0.3) is 0 Å². The van der Waals surface area contributed by atoms with Crippen LogP contribution in [0.4, 0.5) is 28.4 Å². The minimum atomic E-state index is -0.112. The Hall–Kier alpha value is -3.73. The molecule has 0 aliphatic carbocycles. The molecule has 3 heterocycles. The number of nitrogens with zero attached hydrogens (tertiary/aromatic N) is 4. The van der Waals surface area contributed by atoms with Gasteiger partial charge in [-0.15, -0.1) is 47.8 Å². The van der Waals surface area contributed by atoms with Gasteiger partial charge < -0.3 is 28.8 Å². The van der Waals surface area contributed by atoms with Crippen molar-refractivity contribution >= 4 is 39.4 Å². The summed E-state index contributed by atoms with van der Waals surface area (Å²) in [4.78, 5) is 8.59. The molecule has 0 unspecified atom stereocenters. The van der Waals surface area contributed by atoms with E-state index in [4.69, 9.17) is 9.15 Å². The molecule has 0 fully saturated rings. The van der Waals surface area contributed by atoms with E-state index in [2.05, 4.69) is 102 Å². The first-order valence-corrected chi connectivity index (χ1v) is 13.0. The van der Waals surface area contributed by atoms with Crippen LogP contribution >= 0.6 is 0 Å². The Morgan fingerprint density at radius 2 is 1.43 bits per heavy atom. The van der Waals surface area contributed by atoms with Crippen LogP contribution in [-0.4, -0.2) is 19.0 Å². The molecule has 0 atom stereocenters. The average Bonchev–Trinajstić information content (AvgIpc) is 3.54. The Balaban J connectivity index is 0.00000289. The quantitative estimate of drug-likeness (QED) is 0.177. The summed E-state index contributed by atoms with van der Waals surface area (Å²) in [5.41, 5.74) is 7.10. The van der Waals surface area contributed by atoms with Crippen molar-refractivity contribution in [2.45, 2.75) is 19.4 Å². The van der Waals surface area contributed by atoms with Gasteiger partial charge in [-0.1, -0.05) is 18.2 Å². The molecule has 4 aromatic carbocycles. The Morgan fingerprint density at radius 3 is 2.15 bits per heavy atom. The molecule has 0 amide bonds. The molecule has 6 nitrogen and oxygen atoms in total. The van der Waals surface area contributed by atoms with Crippen LogP contribution in [0.3, 0.4) is 0 Å². The maximum Gasteiger partial charge on any atom is 4.00 e. The molecule has 40 heavy (non-hydrogen) atoms.